The lowest BCUT2D eigenvalue weighted by Gasteiger charge is -2.15. The van der Waals surface area contributed by atoms with Crippen molar-refractivity contribution >= 4 is 21.6 Å². The number of benzene rings is 1. The van der Waals surface area contributed by atoms with Crippen LogP contribution in [-0.2, 0) is 10.0 Å². The molecule has 0 spiro atoms. The van der Waals surface area contributed by atoms with Gasteiger partial charge in [0, 0.05) is 13.1 Å². The van der Waals surface area contributed by atoms with Gasteiger partial charge in [-0.3, -0.25) is 0 Å². The van der Waals surface area contributed by atoms with Crippen LogP contribution in [0.2, 0.25) is 5.02 Å². The van der Waals surface area contributed by atoms with Gasteiger partial charge in [0.05, 0.1) is 5.02 Å². The smallest absolute Gasteiger partial charge is 0.242 e. The number of nitrogens with one attached hydrogen (secondary N) is 2. The average molecular weight is 301 g/mol. The van der Waals surface area contributed by atoms with Gasteiger partial charge in [-0.15, -0.1) is 0 Å². The summed E-state index contributed by atoms with van der Waals surface area (Å²) < 4.78 is 26.9. The molecule has 0 atom stereocenters. The van der Waals surface area contributed by atoms with Crippen molar-refractivity contribution in [3.63, 3.8) is 0 Å². The number of aryl methyl sites for hydroxylation is 1. The van der Waals surface area contributed by atoms with Crippen molar-refractivity contribution in [1.82, 2.24) is 10.0 Å². The van der Waals surface area contributed by atoms with Gasteiger partial charge >= 0.3 is 0 Å². The molecule has 104 valence electrons. The predicted octanol–water partition coefficient (Wildman–Crippen LogP) is 1.85. The van der Waals surface area contributed by atoms with E-state index in [0.29, 0.717) is 6.54 Å². The largest absolute Gasteiger partial charge is 0.313 e. The molecule has 1 aliphatic heterocycles. The number of halogens is 1. The Morgan fingerprint density at radius 3 is 2.84 bits per heavy atom. The molecule has 0 radical (unpaired) electrons. The van der Waals surface area contributed by atoms with Crippen molar-refractivity contribution in [1.29, 1.82) is 0 Å². The zero-order valence-corrected chi connectivity index (χ0v) is 12.3. The molecule has 0 amide bonds. The van der Waals surface area contributed by atoms with Crippen molar-refractivity contribution in [3.8, 4) is 0 Å². The highest BCUT2D eigenvalue weighted by atomic mass is 35.5. The van der Waals surface area contributed by atoms with E-state index in [4.69, 9.17) is 11.6 Å². The normalized spacial score (nSPS) is 16.2. The van der Waals surface area contributed by atoms with E-state index in [9.17, 15) is 8.42 Å². The summed E-state index contributed by atoms with van der Waals surface area (Å²) in [6, 6.07) is 4.93. The molecule has 1 aliphatic rings. The quantitative estimate of drug-likeness (QED) is 0.834. The van der Waals surface area contributed by atoms with Gasteiger partial charge in [-0.2, -0.15) is 0 Å². The maximum atomic E-state index is 12.2. The fraction of sp³-hybridized carbons (Fsp3) is 0.385. The van der Waals surface area contributed by atoms with Crippen LogP contribution >= 0.6 is 11.6 Å². The first-order valence-corrected chi connectivity index (χ1v) is 7.99. The van der Waals surface area contributed by atoms with Crippen LogP contribution in [0.15, 0.2) is 34.7 Å². The topological polar surface area (TPSA) is 58.2 Å². The van der Waals surface area contributed by atoms with E-state index in [1.54, 1.807) is 12.1 Å². The van der Waals surface area contributed by atoms with Crippen LogP contribution in [0.4, 0.5) is 0 Å². The first-order valence-electron chi connectivity index (χ1n) is 6.13. The number of rotatable bonds is 4. The summed E-state index contributed by atoms with van der Waals surface area (Å²) in [6.45, 7) is 3.89. The van der Waals surface area contributed by atoms with Gasteiger partial charge in [0.25, 0.3) is 0 Å². The van der Waals surface area contributed by atoms with E-state index in [-0.39, 0.29) is 9.92 Å². The van der Waals surface area contributed by atoms with Gasteiger partial charge in [-0.05, 0) is 37.6 Å². The molecule has 0 fully saturated rings. The molecule has 0 bridgehead atoms. The maximum Gasteiger partial charge on any atom is 0.242 e. The summed E-state index contributed by atoms with van der Waals surface area (Å²) in [5.41, 5.74) is 2.04. The lowest BCUT2D eigenvalue weighted by Crippen LogP contribution is -2.29. The van der Waals surface area contributed by atoms with E-state index in [0.717, 1.165) is 30.6 Å². The second-order valence-corrected chi connectivity index (χ2v) is 6.72. The molecule has 0 unspecified atom stereocenters. The average Bonchev–Trinajstić information content (AvgIpc) is 2.37. The van der Waals surface area contributed by atoms with Gasteiger partial charge in [-0.1, -0.05) is 29.3 Å². The SMILES string of the molecule is Cc1ccc(S(=O)(=O)NCC2=CCNCC2)c(Cl)c1. The van der Waals surface area contributed by atoms with Crippen LogP contribution in [0, 0.1) is 6.92 Å². The van der Waals surface area contributed by atoms with Crippen molar-refractivity contribution in [2.24, 2.45) is 0 Å². The lowest BCUT2D eigenvalue weighted by atomic mass is 10.1. The van der Waals surface area contributed by atoms with Crippen LogP contribution in [0.1, 0.15) is 12.0 Å². The van der Waals surface area contributed by atoms with Crippen LogP contribution in [0.25, 0.3) is 0 Å². The molecule has 6 heteroatoms. The van der Waals surface area contributed by atoms with Crippen molar-refractivity contribution < 1.29 is 8.42 Å². The zero-order chi connectivity index (χ0) is 13.9. The fourth-order valence-corrected chi connectivity index (χ4v) is 3.55. The van der Waals surface area contributed by atoms with Crippen molar-refractivity contribution in [2.45, 2.75) is 18.2 Å². The Bertz CT molecular complexity index is 597. The highest BCUT2D eigenvalue weighted by Gasteiger charge is 2.18. The summed E-state index contributed by atoms with van der Waals surface area (Å²) in [4.78, 5) is 0.134. The van der Waals surface area contributed by atoms with Crippen molar-refractivity contribution in [2.75, 3.05) is 19.6 Å². The second kappa shape index (κ2) is 6.05. The summed E-state index contributed by atoms with van der Waals surface area (Å²) in [7, 11) is -3.55. The minimum Gasteiger partial charge on any atom is -0.313 e. The van der Waals surface area contributed by atoms with Gasteiger partial charge in [-0.25, -0.2) is 13.1 Å². The first-order chi connectivity index (χ1) is 8.99. The Balaban J connectivity index is 2.11. The maximum absolute atomic E-state index is 12.2. The summed E-state index contributed by atoms with van der Waals surface area (Å²) in [6.07, 6.45) is 2.88. The molecule has 2 rings (SSSR count). The Morgan fingerprint density at radius 2 is 2.21 bits per heavy atom. The molecule has 4 nitrogen and oxygen atoms in total. The highest BCUT2D eigenvalue weighted by Crippen LogP contribution is 2.22. The summed E-state index contributed by atoms with van der Waals surface area (Å²) in [5, 5.41) is 3.44. The highest BCUT2D eigenvalue weighted by molar-refractivity contribution is 7.89. The van der Waals surface area contributed by atoms with Gasteiger partial charge in [0.2, 0.25) is 10.0 Å². The van der Waals surface area contributed by atoms with Gasteiger partial charge < -0.3 is 5.32 Å². The monoisotopic (exact) mass is 300 g/mol. The third-order valence-electron chi connectivity index (χ3n) is 3.02. The molecule has 19 heavy (non-hydrogen) atoms. The van der Waals surface area contributed by atoms with Crippen LogP contribution in [-0.4, -0.2) is 28.1 Å². The number of hydrogen-bond donors (Lipinski definition) is 2. The fourth-order valence-electron chi connectivity index (χ4n) is 1.92. The van der Waals surface area contributed by atoms with E-state index in [1.807, 2.05) is 13.0 Å². The predicted molar refractivity (Wildman–Crippen MR) is 76.9 cm³/mol. The van der Waals surface area contributed by atoms with Crippen LogP contribution in [0.5, 0.6) is 0 Å². The molecule has 0 aliphatic carbocycles. The molecule has 2 N–H and O–H groups in total. The Labute approximate surface area is 118 Å². The summed E-state index contributed by atoms with van der Waals surface area (Å²) >= 11 is 5.99. The van der Waals surface area contributed by atoms with Crippen LogP contribution < -0.4 is 10.0 Å². The first kappa shape index (κ1) is 14.5. The third kappa shape index (κ3) is 3.79. The molecular formula is C13H17ClN2O2S. The zero-order valence-electron chi connectivity index (χ0n) is 10.7. The molecule has 0 aromatic heterocycles. The third-order valence-corrected chi connectivity index (χ3v) is 4.91. The Kier molecular flexibility index (Phi) is 4.62. The Morgan fingerprint density at radius 1 is 1.42 bits per heavy atom. The second-order valence-electron chi connectivity index (χ2n) is 4.57. The standard InChI is InChI=1S/C13H17ClN2O2S/c1-10-2-3-13(12(14)8-10)19(17,18)16-9-11-4-6-15-7-5-11/h2-4,8,15-16H,5-7,9H2,1H3. The molecule has 1 aromatic rings. The number of hydrogen-bond acceptors (Lipinski definition) is 3. The van der Waals surface area contributed by atoms with Gasteiger partial charge in [0.1, 0.15) is 4.90 Å². The molecule has 0 saturated heterocycles. The summed E-state index contributed by atoms with van der Waals surface area (Å²) in [5.74, 6) is 0. The van der Waals surface area contributed by atoms with Gasteiger partial charge in [0.15, 0.2) is 0 Å². The molecular weight excluding hydrogens is 284 g/mol. The molecule has 0 saturated carbocycles. The van der Waals surface area contributed by atoms with E-state index in [2.05, 4.69) is 10.0 Å². The molecule has 1 heterocycles. The number of sulfonamides is 1. The van der Waals surface area contributed by atoms with E-state index >= 15 is 0 Å². The van der Waals surface area contributed by atoms with E-state index < -0.39 is 10.0 Å². The van der Waals surface area contributed by atoms with Crippen molar-refractivity contribution in [3.05, 3.63) is 40.4 Å². The minimum atomic E-state index is -3.55. The van der Waals surface area contributed by atoms with E-state index in [1.165, 1.54) is 6.07 Å². The lowest BCUT2D eigenvalue weighted by molar-refractivity contribution is 0.582. The molecule has 1 aromatic carbocycles. The van der Waals surface area contributed by atoms with Crippen LogP contribution in [0.3, 0.4) is 0 Å². The minimum absolute atomic E-state index is 0.134. The Hall–Kier alpha value is -0.880.